The maximum atomic E-state index is 6.01. The SMILES string of the molecule is Cc1nnc(-c2cc(Br)cc(Br)c2N)n1C. The lowest BCUT2D eigenvalue weighted by molar-refractivity contribution is 0.865. The van der Waals surface area contributed by atoms with Crippen molar-refractivity contribution >= 4 is 37.5 Å². The minimum atomic E-state index is 0.665. The van der Waals surface area contributed by atoms with Gasteiger partial charge in [-0.15, -0.1) is 10.2 Å². The Morgan fingerprint density at radius 2 is 1.94 bits per heavy atom. The van der Waals surface area contributed by atoms with Crippen molar-refractivity contribution in [1.82, 2.24) is 14.8 Å². The largest absolute Gasteiger partial charge is 0.397 e. The second-order valence-corrected chi connectivity index (χ2v) is 5.25. The third-order valence-corrected chi connectivity index (χ3v) is 3.54. The first-order chi connectivity index (χ1) is 7.50. The summed E-state index contributed by atoms with van der Waals surface area (Å²) in [4.78, 5) is 0. The van der Waals surface area contributed by atoms with E-state index in [-0.39, 0.29) is 0 Å². The molecule has 2 rings (SSSR count). The molecule has 0 spiro atoms. The topological polar surface area (TPSA) is 56.7 Å². The fourth-order valence-corrected chi connectivity index (χ4v) is 2.64. The summed E-state index contributed by atoms with van der Waals surface area (Å²) in [5.74, 6) is 1.61. The van der Waals surface area contributed by atoms with Crippen LogP contribution in [0.15, 0.2) is 21.1 Å². The van der Waals surface area contributed by atoms with Crippen molar-refractivity contribution in [2.75, 3.05) is 5.73 Å². The van der Waals surface area contributed by atoms with Crippen LogP contribution in [0.4, 0.5) is 5.69 Å². The Labute approximate surface area is 110 Å². The lowest BCUT2D eigenvalue weighted by atomic mass is 10.1. The first kappa shape index (κ1) is 11.6. The van der Waals surface area contributed by atoms with Crippen molar-refractivity contribution in [2.24, 2.45) is 7.05 Å². The molecule has 0 amide bonds. The number of nitrogens with two attached hydrogens (primary N) is 1. The minimum absolute atomic E-state index is 0.665. The Balaban J connectivity index is 2.69. The van der Waals surface area contributed by atoms with Crippen LogP contribution in [0, 0.1) is 6.92 Å². The summed E-state index contributed by atoms with van der Waals surface area (Å²) in [5.41, 5.74) is 7.54. The molecule has 1 aromatic carbocycles. The predicted molar refractivity (Wildman–Crippen MR) is 71.0 cm³/mol. The van der Waals surface area contributed by atoms with Crippen LogP contribution in [0.5, 0.6) is 0 Å². The standard InChI is InChI=1S/C10H10Br2N4/c1-5-14-15-10(16(5)2)7-3-6(11)4-8(12)9(7)13/h3-4H,13H2,1-2H3. The van der Waals surface area contributed by atoms with Gasteiger partial charge in [-0.1, -0.05) is 15.9 Å². The summed E-state index contributed by atoms with van der Waals surface area (Å²) >= 11 is 6.85. The third kappa shape index (κ3) is 1.87. The Kier molecular flexibility index (Phi) is 3.03. The van der Waals surface area contributed by atoms with Gasteiger partial charge in [-0.3, -0.25) is 0 Å². The summed E-state index contributed by atoms with van der Waals surface area (Å²) in [7, 11) is 1.92. The second kappa shape index (κ2) is 4.18. The van der Waals surface area contributed by atoms with Crippen LogP contribution in [-0.2, 0) is 7.05 Å². The van der Waals surface area contributed by atoms with Crippen LogP contribution in [0.2, 0.25) is 0 Å². The number of nitrogen functional groups attached to an aromatic ring is 1. The number of benzene rings is 1. The van der Waals surface area contributed by atoms with E-state index in [1.165, 1.54) is 0 Å². The molecule has 0 bridgehead atoms. The molecule has 0 fully saturated rings. The lowest BCUT2D eigenvalue weighted by Crippen LogP contribution is -1.99. The van der Waals surface area contributed by atoms with Crippen molar-refractivity contribution in [3.05, 3.63) is 26.9 Å². The zero-order valence-electron chi connectivity index (χ0n) is 8.83. The number of rotatable bonds is 1. The monoisotopic (exact) mass is 344 g/mol. The number of aromatic nitrogens is 3. The molecule has 2 aromatic rings. The Morgan fingerprint density at radius 1 is 1.25 bits per heavy atom. The highest BCUT2D eigenvalue weighted by Gasteiger charge is 2.13. The molecule has 84 valence electrons. The summed E-state index contributed by atoms with van der Waals surface area (Å²) in [6, 6.07) is 3.84. The zero-order chi connectivity index (χ0) is 11.9. The van der Waals surface area contributed by atoms with Gasteiger partial charge in [0.15, 0.2) is 5.82 Å². The average Bonchev–Trinajstić information content (AvgIpc) is 2.54. The molecule has 0 radical (unpaired) electrons. The molecular formula is C10H10Br2N4. The van der Waals surface area contributed by atoms with Crippen molar-refractivity contribution < 1.29 is 0 Å². The van der Waals surface area contributed by atoms with Crippen LogP contribution in [0.3, 0.4) is 0 Å². The molecule has 6 heteroatoms. The van der Waals surface area contributed by atoms with E-state index < -0.39 is 0 Å². The van der Waals surface area contributed by atoms with E-state index in [1.807, 2.05) is 30.7 Å². The van der Waals surface area contributed by atoms with E-state index in [2.05, 4.69) is 42.1 Å². The Hall–Kier alpha value is -0.880. The normalized spacial score (nSPS) is 10.8. The van der Waals surface area contributed by atoms with E-state index in [4.69, 9.17) is 5.73 Å². The van der Waals surface area contributed by atoms with Gasteiger partial charge in [0.25, 0.3) is 0 Å². The predicted octanol–water partition coefficient (Wildman–Crippen LogP) is 2.90. The quantitative estimate of drug-likeness (QED) is 0.808. The first-order valence-corrected chi connectivity index (χ1v) is 6.20. The van der Waals surface area contributed by atoms with Gasteiger partial charge in [0.1, 0.15) is 5.82 Å². The molecular weight excluding hydrogens is 336 g/mol. The third-order valence-electron chi connectivity index (χ3n) is 2.43. The molecule has 1 aromatic heterocycles. The summed E-state index contributed by atoms with van der Waals surface area (Å²) < 4.78 is 3.70. The van der Waals surface area contributed by atoms with Crippen LogP contribution in [0.25, 0.3) is 11.4 Å². The van der Waals surface area contributed by atoms with Gasteiger partial charge in [-0.25, -0.2) is 0 Å². The van der Waals surface area contributed by atoms with E-state index in [9.17, 15) is 0 Å². The number of nitrogens with zero attached hydrogens (tertiary/aromatic N) is 3. The number of anilines is 1. The van der Waals surface area contributed by atoms with Crippen LogP contribution in [-0.4, -0.2) is 14.8 Å². The van der Waals surface area contributed by atoms with Crippen LogP contribution in [0.1, 0.15) is 5.82 Å². The summed E-state index contributed by atoms with van der Waals surface area (Å²) in [5, 5.41) is 8.14. The van der Waals surface area contributed by atoms with Gasteiger partial charge < -0.3 is 10.3 Å². The highest BCUT2D eigenvalue weighted by atomic mass is 79.9. The van der Waals surface area contributed by atoms with Gasteiger partial charge >= 0.3 is 0 Å². The smallest absolute Gasteiger partial charge is 0.165 e. The van der Waals surface area contributed by atoms with Crippen molar-refractivity contribution in [2.45, 2.75) is 6.92 Å². The number of hydrogen-bond donors (Lipinski definition) is 1. The molecule has 16 heavy (non-hydrogen) atoms. The van der Waals surface area contributed by atoms with E-state index >= 15 is 0 Å². The molecule has 0 aliphatic heterocycles. The van der Waals surface area contributed by atoms with Crippen molar-refractivity contribution in [3.63, 3.8) is 0 Å². The lowest BCUT2D eigenvalue weighted by Gasteiger charge is -2.08. The Morgan fingerprint density at radius 3 is 2.50 bits per heavy atom. The molecule has 1 heterocycles. The average molecular weight is 346 g/mol. The molecule has 0 saturated carbocycles. The van der Waals surface area contributed by atoms with E-state index in [0.29, 0.717) is 5.69 Å². The van der Waals surface area contributed by atoms with Gasteiger partial charge in [0.05, 0.1) is 5.69 Å². The summed E-state index contributed by atoms with van der Waals surface area (Å²) in [6.45, 7) is 1.90. The van der Waals surface area contributed by atoms with E-state index in [0.717, 1.165) is 26.2 Å². The second-order valence-electron chi connectivity index (χ2n) is 3.48. The fourth-order valence-electron chi connectivity index (χ4n) is 1.41. The van der Waals surface area contributed by atoms with Crippen LogP contribution < -0.4 is 5.73 Å². The molecule has 0 saturated heterocycles. The molecule has 4 nitrogen and oxygen atoms in total. The first-order valence-electron chi connectivity index (χ1n) is 4.61. The highest BCUT2D eigenvalue weighted by Crippen LogP contribution is 2.34. The molecule has 2 N–H and O–H groups in total. The fraction of sp³-hybridized carbons (Fsp3) is 0.200. The highest BCUT2D eigenvalue weighted by molar-refractivity contribution is 9.11. The summed E-state index contributed by atoms with van der Waals surface area (Å²) in [6.07, 6.45) is 0. The Bertz CT molecular complexity index is 548. The number of halogens is 2. The number of hydrogen-bond acceptors (Lipinski definition) is 3. The minimum Gasteiger partial charge on any atom is -0.397 e. The van der Waals surface area contributed by atoms with Gasteiger partial charge in [-0.05, 0) is 35.0 Å². The van der Waals surface area contributed by atoms with E-state index in [1.54, 1.807) is 0 Å². The maximum absolute atomic E-state index is 6.01. The molecule has 0 unspecified atom stereocenters. The van der Waals surface area contributed by atoms with Gasteiger partial charge in [0.2, 0.25) is 0 Å². The molecule has 0 aliphatic rings. The number of aryl methyl sites for hydroxylation is 1. The van der Waals surface area contributed by atoms with Gasteiger partial charge in [0, 0.05) is 21.6 Å². The molecule has 0 aliphatic carbocycles. The van der Waals surface area contributed by atoms with Crippen LogP contribution >= 0.6 is 31.9 Å². The molecule has 0 atom stereocenters. The van der Waals surface area contributed by atoms with Crippen molar-refractivity contribution in [1.29, 1.82) is 0 Å². The van der Waals surface area contributed by atoms with Gasteiger partial charge in [-0.2, -0.15) is 0 Å². The van der Waals surface area contributed by atoms with Crippen molar-refractivity contribution in [3.8, 4) is 11.4 Å². The zero-order valence-corrected chi connectivity index (χ0v) is 12.0. The maximum Gasteiger partial charge on any atom is 0.165 e.